The van der Waals surface area contributed by atoms with Crippen molar-refractivity contribution in [3.63, 3.8) is 0 Å². The van der Waals surface area contributed by atoms with E-state index in [9.17, 15) is 9.90 Å². The fourth-order valence-electron chi connectivity index (χ4n) is 3.23. The second-order valence-electron chi connectivity index (χ2n) is 5.89. The van der Waals surface area contributed by atoms with Crippen molar-refractivity contribution in [2.45, 2.75) is 76.3 Å². The molecule has 2 aliphatic carbocycles. The lowest BCUT2D eigenvalue weighted by Gasteiger charge is -2.42. The van der Waals surface area contributed by atoms with Gasteiger partial charge in [0, 0.05) is 6.04 Å². The normalized spacial score (nSPS) is 34.3. The van der Waals surface area contributed by atoms with Crippen molar-refractivity contribution >= 4 is 5.97 Å². The second-order valence-corrected chi connectivity index (χ2v) is 5.89. The van der Waals surface area contributed by atoms with Gasteiger partial charge in [0.2, 0.25) is 0 Å². The highest BCUT2D eigenvalue weighted by molar-refractivity contribution is 5.79. The van der Waals surface area contributed by atoms with Crippen molar-refractivity contribution < 1.29 is 9.90 Å². The molecule has 3 heteroatoms. The lowest BCUT2D eigenvalue weighted by molar-refractivity contribution is -0.147. The fourth-order valence-corrected chi connectivity index (χ4v) is 3.23. The molecule has 0 radical (unpaired) electrons. The first-order valence-corrected chi connectivity index (χ1v) is 7.17. The SMILES string of the molecule is CCCC1CCC(NC2CCC2)(C(=O)O)CC1. The molecule has 0 heterocycles. The van der Waals surface area contributed by atoms with Crippen LogP contribution in [0, 0.1) is 5.92 Å². The second kappa shape index (κ2) is 5.38. The number of aliphatic carboxylic acids is 1. The largest absolute Gasteiger partial charge is 0.480 e. The van der Waals surface area contributed by atoms with Crippen LogP contribution in [0.25, 0.3) is 0 Å². The third-order valence-corrected chi connectivity index (χ3v) is 4.65. The third-order valence-electron chi connectivity index (χ3n) is 4.65. The summed E-state index contributed by atoms with van der Waals surface area (Å²) in [5, 5.41) is 12.9. The minimum absolute atomic E-state index is 0.467. The van der Waals surface area contributed by atoms with Crippen LogP contribution in [0.1, 0.15) is 64.7 Å². The van der Waals surface area contributed by atoms with Crippen molar-refractivity contribution in [3.05, 3.63) is 0 Å². The fraction of sp³-hybridized carbons (Fsp3) is 0.929. The topological polar surface area (TPSA) is 49.3 Å². The first kappa shape index (κ1) is 12.9. The molecule has 2 saturated carbocycles. The summed E-state index contributed by atoms with van der Waals surface area (Å²) in [4.78, 5) is 11.6. The smallest absolute Gasteiger partial charge is 0.323 e. The van der Waals surface area contributed by atoms with Crippen LogP contribution in [-0.2, 0) is 4.79 Å². The molecule has 2 fully saturated rings. The van der Waals surface area contributed by atoms with E-state index < -0.39 is 11.5 Å². The number of nitrogens with one attached hydrogen (secondary N) is 1. The Morgan fingerprint density at radius 2 is 1.94 bits per heavy atom. The van der Waals surface area contributed by atoms with E-state index in [1.807, 2.05) is 0 Å². The van der Waals surface area contributed by atoms with E-state index in [1.165, 1.54) is 19.3 Å². The zero-order valence-corrected chi connectivity index (χ0v) is 10.9. The molecule has 3 nitrogen and oxygen atoms in total. The lowest BCUT2D eigenvalue weighted by Crippen LogP contribution is -2.59. The minimum atomic E-state index is -0.626. The predicted molar refractivity (Wildman–Crippen MR) is 68.0 cm³/mol. The molecule has 0 aromatic rings. The van der Waals surface area contributed by atoms with Gasteiger partial charge in [0.15, 0.2) is 0 Å². The molecule has 0 bridgehead atoms. The van der Waals surface area contributed by atoms with E-state index in [0.717, 1.165) is 44.4 Å². The van der Waals surface area contributed by atoms with Gasteiger partial charge in [-0.1, -0.05) is 26.2 Å². The molecule has 0 amide bonds. The van der Waals surface area contributed by atoms with Gasteiger partial charge in [-0.3, -0.25) is 10.1 Å². The zero-order valence-electron chi connectivity index (χ0n) is 10.9. The summed E-state index contributed by atoms with van der Waals surface area (Å²) in [5.41, 5.74) is -0.602. The van der Waals surface area contributed by atoms with Crippen LogP contribution < -0.4 is 5.32 Å². The summed E-state index contributed by atoms with van der Waals surface area (Å²) in [7, 11) is 0. The molecule has 2 N–H and O–H groups in total. The zero-order chi connectivity index (χ0) is 12.3. The third kappa shape index (κ3) is 2.82. The Balaban J connectivity index is 1.92. The Hall–Kier alpha value is -0.570. The first-order valence-electron chi connectivity index (χ1n) is 7.17. The maximum atomic E-state index is 11.6. The van der Waals surface area contributed by atoms with Crippen molar-refractivity contribution in [1.29, 1.82) is 0 Å². The molecule has 2 aliphatic rings. The quantitative estimate of drug-likeness (QED) is 0.775. The van der Waals surface area contributed by atoms with E-state index in [4.69, 9.17) is 0 Å². The van der Waals surface area contributed by atoms with Crippen LogP contribution in [0.2, 0.25) is 0 Å². The molecular formula is C14H25NO2. The van der Waals surface area contributed by atoms with Crippen molar-refractivity contribution in [3.8, 4) is 0 Å². The van der Waals surface area contributed by atoms with Crippen LogP contribution in [-0.4, -0.2) is 22.7 Å². The van der Waals surface area contributed by atoms with Gasteiger partial charge in [-0.05, 0) is 44.4 Å². The Kier molecular flexibility index (Phi) is 4.08. The molecule has 0 aliphatic heterocycles. The molecule has 0 unspecified atom stereocenters. The first-order chi connectivity index (χ1) is 8.16. The average molecular weight is 239 g/mol. The Bertz CT molecular complexity index is 265. The molecule has 98 valence electrons. The van der Waals surface area contributed by atoms with Crippen molar-refractivity contribution in [2.75, 3.05) is 0 Å². The molecule has 2 rings (SSSR count). The van der Waals surface area contributed by atoms with Gasteiger partial charge >= 0.3 is 5.97 Å². The van der Waals surface area contributed by atoms with Crippen molar-refractivity contribution in [2.24, 2.45) is 5.92 Å². The van der Waals surface area contributed by atoms with Crippen LogP contribution in [0.4, 0.5) is 0 Å². The number of carboxylic acids is 1. The van der Waals surface area contributed by atoms with E-state index in [0.29, 0.717) is 6.04 Å². The van der Waals surface area contributed by atoms with Gasteiger partial charge in [-0.25, -0.2) is 0 Å². The summed E-state index contributed by atoms with van der Waals surface area (Å²) in [6.07, 6.45) is 9.87. The van der Waals surface area contributed by atoms with Gasteiger partial charge in [0.05, 0.1) is 0 Å². The summed E-state index contributed by atoms with van der Waals surface area (Å²) in [6.45, 7) is 2.21. The van der Waals surface area contributed by atoms with E-state index in [2.05, 4.69) is 12.2 Å². The molecule has 17 heavy (non-hydrogen) atoms. The number of carboxylic acid groups (broad SMARTS) is 1. The maximum Gasteiger partial charge on any atom is 0.323 e. The van der Waals surface area contributed by atoms with Crippen molar-refractivity contribution in [1.82, 2.24) is 5.32 Å². The number of rotatable bonds is 5. The molecule has 0 aromatic carbocycles. The molecule has 0 aromatic heterocycles. The number of carbonyl (C=O) groups is 1. The van der Waals surface area contributed by atoms with Gasteiger partial charge in [-0.2, -0.15) is 0 Å². The van der Waals surface area contributed by atoms with E-state index in [1.54, 1.807) is 0 Å². The Labute approximate surface area is 104 Å². The highest BCUT2D eigenvalue weighted by Crippen LogP contribution is 2.36. The van der Waals surface area contributed by atoms with Gasteiger partial charge in [-0.15, -0.1) is 0 Å². The Morgan fingerprint density at radius 3 is 2.35 bits per heavy atom. The highest BCUT2D eigenvalue weighted by atomic mass is 16.4. The molecular weight excluding hydrogens is 214 g/mol. The maximum absolute atomic E-state index is 11.6. The Morgan fingerprint density at radius 1 is 1.29 bits per heavy atom. The summed E-state index contributed by atoms with van der Waals surface area (Å²) in [5.74, 6) is 0.134. The average Bonchev–Trinajstić information content (AvgIpc) is 2.26. The molecule has 0 saturated heterocycles. The van der Waals surface area contributed by atoms with Crippen LogP contribution in [0.5, 0.6) is 0 Å². The highest BCUT2D eigenvalue weighted by Gasteiger charge is 2.43. The minimum Gasteiger partial charge on any atom is -0.480 e. The summed E-state index contributed by atoms with van der Waals surface area (Å²) in [6, 6.07) is 0.467. The number of hydrogen-bond acceptors (Lipinski definition) is 2. The van der Waals surface area contributed by atoms with E-state index >= 15 is 0 Å². The van der Waals surface area contributed by atoms with Crippen LogP contribution in [0.15, 0.2) is 0 Å². The predicted octanol–water partition coefficient (Wildman–Crippen LogP) is 2.94. The standard InChI is InChI=1S/C14H25NO2/c1-2-4-11-7-9-14(10-8-11,13(16)17)15-12-5-3-6-12/h11-12,15H,2-10H2,1H3,(H,16,17). The van der Waals surface area contributed by atoms with Gasteiger partial charge in [0.1, 0.15) is 5.54 Å². The van der Waals surface area contributed by atoms with Gasteiger partial charge in [0.25, 0.3) is 0 Å². The monoisotopic (exact) mass is 239 g/mol. The lowest BCUT2D eigenvalue weighted by atomic mass is 9.74. The molecule has 0 atom stereocenters. The number of hydrogen-bond donors (Lipinski definition) is 2. The van der Waals surface area contributed by atoms with E-state index in [-0.39, 0.29) is 0 Å². The van der Waals surface area contributed by atoms with Crippen LogP contribution >= 0.6 is 0 Å². The van der Waals surface area contributed by atoms with Crippen LogP contribution in [0.3, 0.4) is 0 Å². The summed E-state index contributed by atoms with van der Waals surface area (Å²) < 4.78 is 0. The summed E-state index contributed by atoms with van der Waals surface area (Å²) >= 11 is 0. The molecule has 0 spiro atoms. The van der Waals surface area contributed by atoms with Gasteiger partial charge < -0.3 is 5.11 Å².